The Labute approximate surface area is 112 Å². The zero-order chi connectivity index (χ0) is 13.8. The van der Waals surface area contributed by atoms with Crippen LogP contribution in [0, 0.1) is 0 Å². The van der Waals surface area contributed by atoms with Gasteiger partial charge in [0.15, 0.2) is 5.69 Å². The van der Waals surface area contributed by atoms with Gasteiger partial charge in [-0.2, -0.15) is 0 Å². The summed E-state index contributed by atoms with van der Waals surface area (Å²) in [5.74, 6) is -1.35. The van der Waals surface area contributed by atoms with Crippen molar-refractivity contribution >= 4 is 29.1 Å². The Bertz CT molecular complexity index is 612. The number of ether oxygens (including phenoxy) is 1. The summed E-state index contributed by atoms with van der Waals surface area (Å²) in [4.78, 5) is 22.6. The van der Waals surface area contributed by atoms with Crippen LogP contribution in [0.15, 0.2) is 23.6 Å². The van der Waals surface area contributed by atoms with E-state index in [0.29, 0.717) is 5.69 Å². The number of carbonyl (C=O) groups is 2. The highest BCUT2D eigenvalue weighted by atomic mass is 32.1. The van der Waals surface area contributed by atoms with Gasteiger partial charge in [-0.3, -0.25) is 4.79 Å². The maximum absolute atomic E-state index is 11.7. The van der Waals surface area contributed by atoms with Crippen LogP contribution in [0.4, 0.5) is 5.69 Å². The number of hydrogen-bond donors (Lipinski definition) is 2. The molecule has 2 aromatic rings. The first-order valence-electron chi connectivity index (χ1n) is 5.11. The average Bonchev–Trinajstić information content (AvgIpc) is 2.92. The molecule has 2 N–H and O–H groups in total. The Morgan fingerprint density at radius 2 is 2.21 bits per heavy atom. The van der Waals surface area contributed by atoms with E-state index in [1.54, 1.807) is 0 Å². The zero-order valence-electron chi connectivity index (χ0n) is 9.78. The van der Waals surface area contributed by atoms with E-state index in [4.69, 9.17) is 9.84 Å². The first-order valence-corrected chi connectivity index (χ1v) is 5.95. The lowest BCUT2D eigenvalue weighted by Gasteiger charge is -2.08. The van der Waals surface area contributed by atoms with Crippen molar-refractivity contribution in [3.8, 4) is 5.75 Å². The number of nitrogens with one attached hydrogen (secondary N) is 1. The molecule has 0 unspecified atom stereocenters. The van der Waals surface area contributed by atoms with Crippen LogP contribution in [0.2, 0.25) is 0 Å². The molecule has 1 amide bonds. The van der Waals surface area contributed by atoms with Crippen molar-refractivity contribution < 1.29 is 19.4 Å². The molecule has 0 aliphatic heterocycles. The van der Waals surface area contributed by atoms with Crippen molar-refractivity contribution in [3.63, 3.8) is 0 Å². The Morgan fingerprint density at radius 3 is 2.79 bits per heavy atom. The van der Waals surface area contributed by atoms with Crippen LogP contribution < -0.4 is 10.1 Å². The minimum Gasteiger partial charge on any atom is -0.496 e. The molecule has 0 bridgehead atoms. The molecule has 0 aliphatic carbocycles. The van der Waals surface area contributed by atoms with Crippen molar-refractivity contribution in [1.82, 2.24) is 9.59 Å². The van der Waals surface area contributed by atoms with E-state index >= 15 is 0 Å². The molecule has 0 saturated carbocycles. The number of aromatic nitrogens is 2. The first kappa shape index (κ1) is 13.0. The minimum atomic E-state index is -1.10. The molecular weight excluding hydrogens is 270 g/mol. The number of aromatic carboxylic acids is 1. The van der Waals surface area contributed by atoms with Gasteiger partial charge in [0.05, 0.1) is 7.11 Å². The van der Waals surface area contributed by atoms with Crippen molar-refractivity contribution in [3.05, 3.63) is 34.8 Å². The van der Waals surface area contributed by atoms with Crippen molar-refractivity contribution in [1.29, 1.82) is 0 Å². The maximum atomic E-state index is 11.7. The third-order valence-corrected chi connectivity index (χ3v) is 2.79. The standard InChI is InChI=1S/C11H9N3O4S/c1-18-9-4-6(2-3-7(9)11(16)17)12-10(15)8-5-19-14-13-8/h2-5H,1H3,(H,12,15)(H,16,17). The number of anilines is 1. The van der Waals surface area contributed by atoms with E-state index in [-0.39, 0.29) is 17.0 Å². The molecule has 0 spiro atoms. The zero-order valence-corrected chi connectivity index (χ0v) is 10.6. The topological polar surface area (TPSA) is 101 Å². The van der Waals surface area contributed by atoms with Gasteiger partial charge in [-0.05, 0) is 23.7 Å². The molecule has 98 valence electrons. The maximum Gasteiger partial charge on any atom is 0.339 e. The van der Waals surface area contributed by atoms with Crippen LogP contribution in [-0.2, 0) is 0 Å². The second-order valence-corrected chi connectivity index (χ2v) is 4.07. The minimum absolute atomic E-state index is 0.0239. The van der Waals surface area contributed by atoms with Gasteiger partial charge in [0.1, 0.15) is 11.3 Å². The molecular formula is C11H9N3O4S. The van der Waals surface area contributed by atoms with Gasteiger partial charge in [-0.1, -0.05) is 4.49 Å². The molecule has 0 aliphatic rings. The predicted octanol–water partition coefficient (Wildman–Crippen LogP) is 1.50. The first-order chi connectivity index (χ1) is 9.11. The highest BCUT2D eigenvalue weighted by Crippen LogP contribution is 2.23. The van der Waals surface area contributed by atoms with E-state index < -0.39 is 11.9 Å². The van der Waals surface area contributed by atoms with Gasteiger partial charge < -0.3 is 15.2 Å². The summed E-state index contributed by atoms with van der Waals surface area (Å²) in [6, 6.07) is 4.26. The lowest BCUT2D eigenvalue weighted by atomic mass is 10.2. The number of methoxy groups -OCH3 is 1. The Hall–Kier alpha value is -2.48. The highest BCUT2D eigenvalue weighted by molar-refractivity contribution is 7.03. The Morgan fingerprint density at radius 1 is 1.42 bits per heavy atom. The number of hydrogen-bond acceptors (Lipinski definition) is 6. The summed E-state index contributed by atoms with van der Waals surface area (Å²) in [6.45, 7) is 0. The van der Waals surface area contributed by atoms with Crippen molar-refractivity contribution in [2.45, 2.75) is 0 Å². The normalized spacial score (nSPS) is 9.95. The molecule has 0 radical (unpaired) electrons. The molecule has 7 nitrogen and oxygen atoms in total. The van der Waals surface area contributed by atoms with Crippen molar-refractivity contribution in [2.24, 2.45) is 0 Å². The molecule has 0 saturated heterocycles. The third-order valence-electron chi connectivity index (χ3n) is 2.28. The van der Waals surface area contributed by atoms with E-state index in [1.807, 2.05) is 0 Å². The number of amides is 1. The largest absolute Gasteiger partial charge is 0.496 e. The van der Waals surface area contributed by atoms with Crippen LogP contribution in [0.1, 0.15) is 20.8 Å². The fourth-order valence-corrected chi connectivity index (χ4v) is 1.84. The summed E-state index contributed by atoms with van der Waals surface area (Å²) >= 11 is 1.07. The third kappa shape index (κ3) is 2.86. The quantitative estimate of drug-likeness (QED) is 0.879. The summed E-state index contributed by atoms with van der Waals surface area (Å²) in [6.07, 6.45) is 0. The summed E-state index contributed by atoms with van der Waals surface area (Å²) in [7, 11) is 1.36. The number of nitrogens with zero attached hydrogens (tertiary/aromatic N) is 2. The van der Waals surface area contributed by atoms with Gasteiger partial charge in [0, 0.05) is 17.1 Å². The molecule has 0 fully saturated rings. The van der Waals surface area contributed by atoms with Gasteiger partial charge in [0.2, 0.25) is 0 Å². The molecule has 19 heavy (non-hydrogen) atoms. The molecule has 2 rings (SSSR count). The fourth-order valence-electron chi connectivity index (χ4n) is 1.40. The predicted molar refractivity (Wildman–Crippen MR) is 67.8 cm³/mol. The number of carboxylic acids is 1. The lowest BCUT2D eigenvalue weighted by molar-refractivity contribution is 0.0693. The highest BCUT2D eigenvalue weighted by Gasteiger charge is 2.14. The van der Waals surface area contributed by atoms with Gasteiger partial charge in [0.25, 0.3) is 5.91 Å². The Balaban J connectivity index is 2.22. The van der Waals surface area contributed by atoms with Crippen molar-refractivity contribution in [2.75, 3.05) is 12.4 Å². The SMILES string of the molecule is COc1cc(NC(=O)c2csnn2)ccc1C(=O)O. The monoisotopic (exact) mass is 279 g/mol. The van der Waals surface area contributed by atoms with E-state index in [2.05, 4.69) is 14.9 Å². The van der Waals surface area contributed by atoms with Crippen LogP contribution in [0.5, 0.6) is 5.75 Å². The summed E-state index contributed by atoms with van der Waals surface area (Å²) in [5, 5.41) is 16.7. The van der Waals surface area contributed by atoms with Gasteiger partial charge >= 0.3 is 5.97 Å². The molecule has 1 aromatic carbocycles. The number of rotatable bonds is 4. The van der Waals surface area contributed by atoms with Gasteiger partial charge in [-0.25, -0.2) is 4.79 Å². The van der Waals surface area contributed by atoms with Gasteiger partial charge in [-0.15, -0.1) is 5.10 Å². The number of benzene rings is 1. The van der Waals surface area contributed by atoms with Crippen LogP contribution in [-0.4, -0.2) is 33.7 Å². The number of carboxylic acid groups (broad SMARTS) is 1. The fraction of sp³-hybridized carbons (Fsp3) is 0.0909. The van der Waals surface area contributed by atoms with E-state index in [1.165, 1.54) is 30.7 Å². The molecule has 1 heterocycles. The van der Waals surface area contributed by atoms with Crippen LogP contribution >= 0.6 is 11.5 Å². The van der Waals surface area contributed by atoms with Crippen LogP contribution in [0.3, 0.4) is 0 Å². The van der Waals surface area contributed by atoms with E-state index in [9.17, 15) is 9.59 Å². The molecule has 1 aromatic heterocycles. The molecule has 0 atom stereocenters. The van der Waals surface area contributed by atoms with Crippen LogP contribution in [0.25, 0.3) is 0 Å². The second kappa shape index (κ2) is 5.44. The smallest absolute Gasteiger partial charge is 0.339 e. The summed E-state index contributed by atoms with van der Waals surface area (Å²) < 4.78 is 8.55. The lowest BCUT2D eigenvalue weighted by Crippen LogP contribution is -2.12. The van der Waals surface area contributed by atoms with E-state index in [0.717, 1.165) is 11.5 Å². The molecule has 8 heteroatoms. The number of carbonyl (C=O) groups excluding carboxylic acids is 1. The Kier molecular flexibility index (Phi) is 3.71. The second-order valence-electron chi connectivity index (χ2n) is 3.46. The average molecular weight is 279 g/mol. The summed E-state index contributed by atoms with van der Waals surface area (Å²) in [5.41, 5.74) is 0.641.